The standard InChI is InChI=1S/C13H18N2O3S/c16-10-6-7-11-12(8-10)19(17,18)15-13(14-11)9-4-2-1-3-5-9/h6-9,13-16H,1-5H2. The van der Waals surface area contributed by atoms with E-state index in [2.05, 4.69) is 10.0 Å². The summed E-state index contributed by atoms with van der Waals surface area (Å²) in [6, 6.07) is 4.41. The molecule has 1 unspecified atom stereocenters. The molecule has 2 aliphatic rings. The molecule has 0 aromatic heterocycles. The quantitative estimate of drug-likeness (QED) is 0.688. The molecule has 1 aliphatic carbocycles. The lowest BCUT2D eigenvalue weighted by atomic mass is 9.87. The van der Waals surface area contributed by atoms with Crippen molar-refractivity contribution in [2.24, 2.45) is 5.92 Å². The molecular formula is C13H18N2O3S. The molecule has 0 saturated heterocycles. The summed E-state index contributed by atoms with van der Waals surface area (Å²) in [5, 5.41) is 12.7. The van der Waals surface area contributed by atoms with E-state index in [0.29, 0.717) is 11.6 Å². The molecule has 19 heavy (non-hydrogen) atoms. The normalized spacial score (nSPS) is 26.4. The van der Waals surface area contributed by atoms with E-state index >= 15 is 0 Å². The fourth-order valence-corrected chi connectivity index (χ4v) is 4.37. The van der Waals surface area contributed by atoms with Crippen LogP contribution in [-0.2, 0) is 10.0 Å². The van der Waals surface area contributed by atoms with Crippen LogP contribution < -0.4 is 10.0 Å². The summed E-state index contributed by atoms with van der Waals surface area (Å²) >= 11 is 0. The monoisotopic (exact) mass is 282 g/mol. The van der Waals surface area contributed by atoms with E-state index in [1.165, 1.54) is 18.6 Å². The van der Waals surface area contributed by atoms with Gasteiger partial charge < -0.3 is 10.4 Å². The van der Waals surface area contributed by atoms with E-state index in [1.54, 1.807) is 6.07 Å². The summed E-state index contributed by atoms with van der Waals surface area (Å²) in [4.78, 5) is 0.125. The Kier molecular flexibility index (Phi) is 3.14. The Morgan fingerprint density at radius 1 is 1.16 bits per heavy atom. The first-order chi connectivity index (χ1) is 9.06. The molecule has 1 aromatic carbocycles. The molecular weight excluding hydrogens is 264 g/mol. The lowest BCUT2D eigenvalue weighted by Crippen LogP contribution is -2.49. The van der Waals surface area contributed by atoms with Crippen LogP contribution in [0.2, 0.25) is 0 Å². The fraction of sp³-hybridized carbons (Fsp3) is 0.538. The minimum absolute atomic E-state index is 0.0398. The highest BCUT2D eigenvalue weighted by Crippen LogP contribution is 2.34. The Morgan fingerprint density at radius 2 is 1.89 bits per heavy atom. The van der Waals surface area contributed by atoms with E-state index < -0.39 is 10.0 Å². The van der Waals surface area contributed by atoms with Crippen molar-refractivity contribution in [1.29, 1.82) is 0 Å². The second-order valence-corrected chi connectivity index (χ2v) is 7.00. The average molecular weight is 282 g/mol. The van der Waals surface area contributed by atoms with Crippen LogP contribution >= 0.6 is 0 Å². The molecule has 3 N–H and O–H groups in total. The number of rotatable bonds is 1. The van der Waals surface area contributed by atoms with Gasteiger partial charge in [-0.1, -0.05) is 19.3 Å². The van der Waals surface area contributed by atoms with E-state index in [1.807, 2.05) is 0 Å². The summed E-state index contributed by atoms with van der Waals surface area (Å²) in [7, 11) is -3.54. The predicted octanol–water partition coefficient (Wildman–Crippen LogP) is 2.00. The highest BCUT2D eigenvalue weighted by Gasteiger charge is 2.34. The van der Waals surface area contributed by atoms with Crippen molar-refractivity contribution in [2.75, 3.05) is 5.32 Å². The fourth-order valence-electron chi connectivity index (χ4n) is 2.96. The summed E-state index contributed by atoms with van der Waals surface area (Å²) in [5.74, 6) is 0.299. The molecule has 104 valence electrons. The van der Waals surface area contributed by atoms with Crippen molar-refractivity contribution in [3.8, 4) is 5.75 Å². The predicted molar refractivity (Wildman–Crippen MR) is 72.4 cm³/mol. The molecule has 0 spiro atoms. The Labute approximate surface area is 113 Å². The van der Waals surface area contributed by atoms with Gasteiger partial charge in [-0.05, 0) is 30.9 Å². The van der Waals surface area contributed by atoms with Crippen molar-refractivity contribution in [1.82, 2.24) is 4.72 Å². The molecule has 5 nitrogen and oxygen atoms in total. The number of hydrogen-bond donors (Lipinski definition) is 3. The third kappa shape index (κ3) is 2.42. The molecule has 1 aliphatic heterocycles. The van der Waals surface area contributed by atoms with Gasteiger partial charge in [0.15, 0.2) is 0 Å². The first kappa shape index (κ1) is 12.7. The molecule has 1 atom stereocenters. The van der Waals surface area contributed by atoms with Gasteiger partial charge in [-0.3, -0.25) is 0 Å². The number of sulfonamides is 1. The molecule has 1 fully saturated rings. The van der Waals surface area contributed by atoms with Gasteiger partial charge in [0.1, 0.15) is 10.6 Å². The van der Waals surface area contributed by atoms with Crippen LogP contribution in [0, 0.1) is 5.92 Å². The second-order valence-electron chi connectivity index (χ2n) is 5.32. The smallest absolute Gasteiger partial charge is 0.244 e. The number of phenolic OH excluding ortho intramolecular Hbond substituents is 1. The number of fused-ring (bicyclic) bond motifs is 1. The van der Waals surface area contributed by atoms with Gasteiger partial charge in [0.25, 0.3) is 0 Å². The highest BCUT2D eigenvalue weighted by molar-refractivity contribution is 7.89. The molecule has 0 amide bonds. The van der Waals surface area contributed by atoms with Gasteiger partial charge in [-0.15, -0.1) is 0 Å². The van der Waals surface area contributed by atoms with E-state index in [9.17, 15) is 13.5 Å². The first-order valence-electron chi connectivity index (χ1n) is 6.68. The minimum atomic E-state index is -3.54. The van der Waals surface area contributed by atoms with Crippen LogP contribution in [0.5, 0.6) is 5.75 Å². The van der Waals surface area contributed by atoms with Crippen LogP contribution in [-0.4, -0.2) is 19.7 Å². The summed E-state index contributed by atoms with van der Waals surface area (Å²) in [5.41, 5.74) is 0.576. The lowest BCUT2D eigenvalue weighted by Gasteiger charge is -2.35. The Bertz CT molecular complexity index is 580. The minimum Gasteiger partial charge on any atom is -0.508 e. The molecule has 3 rings (SSSR count). The van der Waals surface area contributed by atoms with Gasteiger partial charge >= 0.3 is 0 Å². The first-order valence-corrected chi connectivity index (χ1v) is 8.16. The van der Waals surface area contributed by atoms with E-state index in [4.69, 9.17) is 0 Å². The average Bonchev–Trinajstić information content (AvgIpc) is 2.40. The maximum atomic E-state index is 12.2. The number of aromatic hydroxyl groups is 1. The number of nitrogens with one attached hydrogen (secondary N) is 2. The molecule has 1 heterocycles. The zero-order valence-corrected chi connectivity index (χ0v) is 11.4. The van der Waals surface area contributed by atoms with Crippen LogP contribution in [0.4, 0.5) is 5.69 Å². The van der Waals surface area contributed by atoms with Crippen molar-refractivity contribution < 1.29 is 13.5 Å². The van der Waals surface area contributed by atoms with Crippen molar-refractivity contribution in [2.45, 2.75) is 43.2 Å². The van der Waals surface area contributed by atoms with Crippen LogP contribution in [0.3, 0.4) is 0 Å². The Morgan fingerprint density at radius 3 is 2.63 bits per heavy atom. The zero-order valence-electron chi connectivity index (χ0n) is 10.6. The van der Waals surface area contributed by atoms with Gasteiger partial charge in [-0.25, -0.2) is 8.42 Å². The van der Waals surface area contributed by atoms with Gasteiger partial charge in [0.2, 0.25) is 10.0 Å². The van der Waals surface area contributed by atoms with Crippen molar-refractivity contribution in [3.63, 3.8) is 0 Å². The molecule has 1 aromatic rings. The summed E-state index contributed by atoms with van der Waals surface area (Å²) in [6.07, 6.45) is 5.42. The number of anilines is 1. The number of hydrogen-bond acceptors (Lipinski definition) is 4. The Balaban J connectivity index is 1.92. The molecule has 0 bridgehead atoms. The largest absolute Gasteiger partial charge is 0.508 e. The summed E-state index contributed by atoms with van der Waals surface area (Å²) in [6.45, 7) is 0. The maximum absolute atomic E-state index is 12.2. The van der Waals surface area contributed by atoms with Gasteiger partial charge in [0, 0.05) is 6.07 Å². The van der Waals surface area contributed by atoms with Gasteiger partial charge in [-0.2, -0.15) is 4.72 Å². The van der Waals surface area contributed by atoms with Crippen LogP contribution in [0.25, 0.3) is 0 Å². The molecule has 6 heteroatoms. The zero-order chi connectivity index (χ0) is 13.5. The van der Waals surface area contributed by atoms with Crippen molar-refractivity contribution >= 4 is 15.7 Å². The number of benzene rings is 1. The maximum Gasteiger partial charge on any atom is 0.244 e. The van der Waals surface area contributed by atoms with E-state index in [0.717, 1.165) is 25.7 Å². The Hall–Kier alpha value is -1.27. The summed E-state index contributed by atoms with van der Waals surface area (Å²) < 4.78 is 27.1. The van der Waals surface area contributed by atoms with Crippen LogP contribution in [0.15, 0.2) is 23.1 Å². The lowest BCUT2D eigenvalue weighted by molar-refractivity contribution is 0.306. The van der Waals surface area contributed by atoms with E-state index in [-0.39, 0.29) is 16.8 Å². The van der Waals surface area contributed by atoms with Gasteiger partial charge in [0.05, 0.1) is 11.9 Å². The topological polar surface area (TPSA) is 78.4 Å². The highest BCUT2D eigenvalue weighted by atomic mass is 32.2. The van der Waals surface area contributed by atoms with Crippen LogP contribution in [0.1, 0.15) is 32.1 Å². The molecule has 0 radical (unpaired) electrons. The third-order valence-corrected chi connectivity index (χ3v) is 5.45. The second kappa shape index (κ2) is 4.68. The molecule has 1 saturated carbocycles. The van der Waals surface area contributed by atoms with Crippen molar-refractivity contribution in [3.05, 3.63) is 18.2 Å². The number of phenols is 1. The SMILES string of the molecule is O=S1(=O)NC(C2CCCCC2)Nc2ccc(O)cc21. The third-order valence-electron chi connectivity index (χ3n) is 3.97.